The lowest BCUT2D eigenvalue weighted by Crippen LogP contribution is -2.40. The van der Waals surface area contributed by atoms with Crippen LogP contribution >= 0.6 is 0 Å². The van der Waals surface area contributed by atoms with Crippen LogP contribution in [0, 0.1) is 0 Å². The third-order valence-corrected chi connectivity index (χ3v) is 5.01. The molecule has 0 bridgehead atoms. The summed E-state index contributed by atoms with van der Waals surface area (Å²) < 4.78 is 11.0. The minimum atomic E-state index is 0.0323. The van der Waals surface area contributed by atoms with Crippen LogP contribution in [0.3, 0.4) is 0 Å². The predicted octanol–water partition coefficient (Wildman–Crippen LogP) is 3.66. The van der Waals surface area contributed by atoms with E-state index in [9.17, 15) is 4.79 Å². The molecule has 6 heteroatoms. The molecule has 0 atom stereocenters. The molecule has 1 amide bonds. The lowest BCUT2D eigenvalue weighted by Gasteiger charge is -2.30. The maximum Gasteiger partial charge on any atom is 0.248 e. The maximum absolute atomic E-state index is 12.4. The number of nitrogens with zero attached hydrogens (tertiary/aromatic N) is 3. The summed E-state index contributed by atoms with van der Waals surface area (Å²) in [5.41, 5.74) is 2.01. The summed E-state index contributed by atoms with van der Waals surface area (Å²) in [6.45, 7) is 1.92. The summed E-state index contributed by atoms with van der Waals surface area (Å²) in [4.78, 5) is 18.8. The van der Waals surface area contributed by atoms with Crippen LogP contribution in [0.1, 0.15) is 30.2 Å². The van der Waals surface area contributed by atoms with Gasteiger partial charge in [0.25, 0.3) is 0 Å². The Morgan fingerprint density at radius 2 is 1.71 bits per heavy atom. The number of hydrogen-bond acceptors (Lipinski definition) is 5. The van der Waals surface area contributed by atoms with E-state index in [2.05, 4.69) is 10.1 Å². The van der Waals surface area contributed by atoms with Gasteiger partial charge in [-0.2, -0.15) is 4.98 Å². The first kappa shape index (κ1) is 18.4. The number of carbonyl (C=O) groups is 1. The molecule has 0 saturated carbocycles. The zero-order valence-corrected chi connectivity index (χ0v) is 15.7. The lowest BCUT2D eigenvalue weighted by atomic mass is 9.97. The number of piperidine rings is 1. The highest BCUT2D eigenvalue weighted by Crippen LogP contribution is 2.28. The minimum Gasteiger partial charge on any atom is -0.367 e. The van der Waals surface area contributed by atoms with E-state index in [1.54, 1.807) is 0 Å². The first-order valence-electron chi connectivity index (χ1n) is 9.58. The first-order chi connectivity index (χ1) is 13.8. The van der Waals surface area contributed by atoms with Crippen LogP contribution in [0.25, 0.3) is 11.4 Å². The first-order valence-corrected chi connectivity index (χ1v) is 9.58. The SMILES string of the molecule is O=C(COCc1ccccc1)N1CCC(c2nc(-c3ccccc3)no2)CC1. The molecule has 1 aliphatic heterocycles. The highest BCUT2D eigenvalue weighted by Gasteiger charge is 2.27. The van der Waals surface area contributed by atoms with E-state index >= 15 is 0 Å². The second kappa shape index (κ2) is 8.80. The molecule has 3 aromatic rings. The van der Waals surface area contributed by atoms with Crippen LogP contribution in [-0.2, 0) is 16.1 Å². The number of likely N-dealkylation sites (tertiary alicyclic amines) is 1. The Bertz CT molecular complexity index is 888. The largest absolute Gasteiger partial charge is 0.367 e. The standard InChI is InChI=1S/C22H23N3O3/c26-20(16-27-15-17-7-3-1-4-8-17)25-13-11-19(12-14-25)22-23-21(24-28-22)18-9-5-2-6-10-18/h1-10,19H,11-16H2. The number of aromatic nitrogens is 2. The quantitative estimate of drug-likeness (QED) is 0.656. The average Bonchev–Trinajstić information content (AvgIpc) is 3.25. The third-order valence-electron chi connectivity index (χ3n) is 5.01. The Hall–Kier alpha value is -2.99. The Labute approximate surface area is 164 Å². The Kier molecular flexibility index (Phi) is 5.77. The molecule has 2 aromatic carbocycles. The smallest absolute Gasteiger partial charge is 0.248 e. The van der Waals surface area contributed by atoms with Crippen LogP contribution in [0.2, 0.25) is 0 Å². The van der Waals surface area contributed by atoms with E-state index in [-0.39, 0.29) is 18.4 Å². The summed E-state index contributed by atoms with van der Waals surface area (Å²) >= 11 is 0. The van der Waals surface area contributed by atoms with Crippen LogP contribution in [0.4, 0.5) is 0 Å². The molecular formula is C22H23N3O3. The van der Waals surface area contributed by atoms with E-state index in [1.165, 1.54) is 0 Å². The third kappa shape index (κ3) is 4.46. The van der Waals surface area contributed by atoms with E-state index in [1.807, 2.05) is 65.6 Å². The molecule has 0 radical (unpaired) electrons. The van der Waals surface area contributed by atoms with Gasteiger partial charge in [-0.3, -0.25) is 4.79 Å². The van der Waals surface area contributed by atoms with Crippen molar-refractivity contribution >= 4 is 5.91 Å². The highest BCUT2D eigenvalue weighted by atomic mass is 16.5. The fraction of sp³-hybridized carbons (Fsp3) is 0.318. The van der Waals surface area contributed by atoms with E-state index in [0.717, 1.165) is 24.0 Å². The number of hydrogen-bond donors (Lipinski definition) is 0. The zero-order chi connectivity index (χ0) is 19.2. The second-order valence-corrected chi connectivity index (χ2v) is 6.96. The van der Waals surface area contributed by atoms with Crippen molar-refractivity contribution in [3.63, 3.8) is 0 Å². The molecule has 0 unspecified atom stereocenters. The number of amides is 1. The van der Waals surface area contributed by atoms with Gasteiger partial charge in [-0.25, -0.2) is 0 Å². The van der Waals surface area contributed by atoms with Crippen LogP contribution in [0.5, 0.6) is 0 Å². The van der Waals surface area contributed by atoms with Crippen molar-refractivity contribution in [2.75, 3.05) is 19.7 Å². The van der Waals surface area contributed by atoms with E-state index in [4.69, 9.17) is 9.26 Å². The Morgan fingerprint density at radius 3 is 2.43 bits per heavy atom. The van der Waals surface area contributed by atoms with Gasteiger partial charge in [0.2, 0.25) is 17.6 Å². The molecule has 4 rings (SSSR count). The fourth-order valence-electron chi connectivity index (χ4n) is 3.40. The molecule has 1 aromatic heterocycles. The van der Waals surface area contributed by atoms with Gasteiger partial charge in [-0.15, -0.1) is 0 Å². The molecular weight excluding hydrogens is 354 g/mol. The van der Waals surface area contributed by atoms with Crippen LogP contribution in [-0.4, -0.2) is 40.6 Å². The maximum atomic E-state index is 12.4. The predicted molar refractivity (Wildman–Crippen MR) is 104 cm³/mol. The average molecular weight is 377 g/mol. The number of benzene rings is 2. The molecule has 28 heavy (non-hydrogen) atoms. The van der Waals surface area contributed by atoms with Gasteiger partial charge < -0.3 is 14.2 Å². The lowest BCUT2D eigenvalue weighted by molar-refractivity contribution is -0.137. The summed E-state index contributed by atoms with van der Waals surface area (Å²) in [6.07, 6.45) is 1.64. The van der Waals surface area contributed by atoms with Crippen molar-refractivity contribution in [2.24, 2.45) is 0 Å². The fourth-order valence-corrected chi connectivity index (χ4v) is 3.40. The monoisotopic (exact) mass is 377 g/mol. The molecule has 144 valence electrons. The van der Waals surface area contributed by atoms with Gasteiger partial charge in [0.05, 0.1) is 6.61 Å². The second-order valence-electron chi connectivity index (χ2n) is 6.96. The molecule has 1 saturated heterocycles. The number of rotatable bonds is 6. The molecule has 2 heterocycles. The van der Waals surface area contributed by atoms with Crippen molar-refractivity contribution in [2.45, 2.75) is 25.4 Å². The normalized spacial score (nSPS) is 14.9. The van der Waals surface area contributed by atoms with E-state index < -0.39 is 0 Å². The van der Waals surface area contributed by atoms with Crippen molar-refractivity contribution < 1.29 is 14.1 Å². The Balaban J connectivity index is 1.25. The van der Waals surface area contributed by atoms with Gasteiger partial charge in [-0.1, -0.05) is 65.8 Å². The highest BCUT2D eigenvalue weighted by molar-refractivity contribution is 5.77. The Morgan fingerprint density at radius 1 is 1.04 bits per heavy atom. The van der Waals surface area contributed by atoms with Crippen LogP contribution in [0.15, 0.2) is 65.2 Å². The molecule has 0 N–H and O–H groups in total. The molecule has 1 aliphatic rings. The molecule has 6 nitrogen and oxygen atoms in total. The van der Waals surface area contributed by atoms with Crippen molar-refractivity contribution in [3.05, 3.63) is 72.1 Å². The van der Waals surface area contributed by atoms with Gasteiger partial charge in [0, 0.05) is 24.6 Å². The topological polar surface area (TPSA) is 68.5 Å². The summed E-state index contributed by atoms with van der Waals surface area (Å²) in [7, 11) is 0. The van der Waals surface area contributed by atoms with Gasteiger partial charge >= 0.3 is 0 Å². The van der Waals surface area contributed by atoms with Gasteiger partial charge in [0.15, 0.2) is 0 Å². The summed E-state index contributed by atoms with van der Waals surface area (Å²) in [5.74, 6) is 1.50. The van der Waals surface area contributed by atoms with Crippen molar-refractivity contribution in [1.82, 2.24) is 15.0 Å². The van der Waals surface area contributed by atoms with E-state index in [0.29, 0.717) is 31.4 Å². The van der Waals surface area contributed by atoms with Gasteiger partial charge in [0.1, 0.15) is 6.61 Å². The molecule has 0 spiro atoms. The van der Waals surface area contributed by atoms with Crippen molar-refractivity contribution in [3.8, 4) is 11.4 Å². The molecule has 0 aliphatic carbocycles. The number of carbonyl (C=O) groups excluding carboxylic acids is 1. The number of ether oxygens (including phenoxy) is 1. The van der Waals surface area contributed by atoms with Crippen LogP contribution < -0.4 is 0 Å². The van der Waals surface area contributed by atoms with Crippen molar-refractivity contribution in [1.29, 1.82) is 0 Å². The van der Waals surface area contributed by atoms with Gasteiger partial charge in [-0.05, 0) is 18.4 Å². The summed E-state index contributed by atoms with van der Waals surface area (Å²) in [6, 6.07) is 19.7. The molecule has 1 fully saturated rings. The summed E-state index contributed by atoms with van der Waals surface area (Å²) in [5, 5.41) is 4.10. The minimum absolute atomic E-state index is 0.0323. The zero-order valence-electron chi connectivity index (χ0n) is 15.7.